The number of carbonyl (C=O) groups excluding carboxylic acids is 1. The molecule has 23 heavy (non-hydrogen) atoms. The molecule has 0 radical (unpaired) electrons. The minimum absolute atomic E-state index is 0.162. The van der Waals surface area contributed by atoms with Crippen molar-refractivity contribution in [3.8, 4) is 5.75 Å². The van der Waals surface area contributed by atoms with Gasteiger partial charge in [0.25, 0.3) is 5.91 Å². The van der Waals surface area contributed by atoms with Crippen LogP contribution in [0.4, 0.5) is 4.39 Å². The van der Waals surface area contributed by atoms with Gasteiger partial charge in [-0.1, -0.05) is 28.1 Å². The summed E-state index contributed by atoms with van der Waals surface area (Å²) in [5.74, 6) is -0.188. The molecule has 2 aromatic rings. The van der Waals surface area contributed by atoms with Gasteiger partial charge >= 0.3 is 0 Å². The standard InChI is InChI=1S/C17H16BrFN2O2/c1-11-3-4-12(2)16(7-11)23-10-17(22)21-20-9-13-5-6-14(18)8-15(13)19/h3-9H,10H2,1-2H3,(H,21,22)/b20-9-. The first-order valence-electron chi connectivity index (χ1n) is 6.92. The number of amides is 1. The molecule has 0 heterocycles. The van der Waals surface area contributed by atoms with Crippen molar-refractivity contribution in [3.05, 3.63) is 63.4 Å². The van der Waals surface area contributed by atoms with Crippen LogP contribution in [0.3, 0.4) is 0 Å². The Morgan fingerprint density at radius 1 is 1.30 bits per heavy atom. The van der Waals surface area contributed by atoms with Crippen molar-refractivity contribution in [2.75, 3.05) is 6.61 Å². The lowest BCUT2D eigenvalue weighted by Crippen LogP contribution is -2.24. The van der Waals surface area contributed by atoms with E-state index in [0.717, 1.165) is 11.1 Å². The maximum absolute atomic E-state index is 13.6. The van der Waals surface area contributed by atoms with Crippen LogP contribution in [0, 0.1) is 19.7 Å². The Bertz CT molecular complexity index is 747. The second kappa shape index (κ2) is 7.87. The second-order valence-corrected chi connectivity index (χ2v) is 5.93. The van der Waals surface area contributed by atoms with E-state index >= 15 is 0 Å². The van der Waals surface area contributed by atoms with Gasteiger partial charge in [0.05, 0.1) is 6.21 Å². The van der Waals surface area contributed by atoms with Gasteiger partial charge in [0.15, 0.2) is 6.61 Å². The molecule has 120 valence electrons. The summed E-state index contributed by atoms with van der Waals surface area (Å²) in [4.78, 5) is 11.7. The van der Waals surface area contributed by atoms with Crippen LogP contribution in [0.1, 0.15) is 16.7 Å². The average molecular weight is 379 g/mol. The summed E-state index contributed by atoms with van der Waals surface area (Å²) in [6.07, 6.45) is 1.25. The van der Waals surface area contributed by atoms with E-state index in [2.05, 4.69) is 26.5 Å². The molecular formula is C17H16BrFN2O2. The topological polar surface area (TPSA) is 50.7 Å². The lowest BCUT2D eigenvalue weighted by atomic mass is 10.1. The van der Waals surface area contributed by atoms with E-state index in [9.17, 15) is 9.18 Å². The predicted molar refractivity (Wildman–Crippen MR) is 91.2 cm³/mol. The van der Waals surface area contributed by atoms with Gasteiger partial charge in [0.2, 0.25) is 0 Å². The van der Waals surface area contributed by atoms with Crippen LogP contribution in [-0.4, -0.2) is 18.7 Å². The molecule has 6 heteroatoms. The third kappa shape index (κ3) is 5.17. The van der Waals surface area contributed by atoms with E-state index in [0.29, 0.717) is 10.2 Å². The molecule has 2 aromatic carbocycles. The van der Waals surface area contributed by atoms with Crippen molar-refractivity contribution in [1.82, 2.24) is 5.43 Å². The number of aryl methyl sites for hydroxylation is 2. The molecule has 2 rings (SSSR count). The number of benzene rings is 2. The number of hydrogen-bond donors (Lipinski definition) is 1. The number of hydrazone groups is 1. The first-order valence-corrected chi connectivity index (χ1v) is 7.72. The van der Waals surface area contributed by atoms with E-state index in [1.165, 1.54) is 12.3 Å². The monoisotopic (exact) mass is 378 g/mol. The molecule has 0 atom stereocenters. The third-order valence-corrected chi connectivity index (χ3v) is 3.55. The average Bonchev–Trinajstić information content (AvgIpc) is 2.50. The zero-order valence-corrected chi connectivity index (χ0v) is 14.4. The molecule has 0 saturated heterocycles. The molecular weight excluding hydrogens is 363 g/mol. The Hall–Kier alpha value is -2.21. The summed E-state index contributed by atoms with van der Waals surface area (Å²) in [6.45, 7) is 3.69. The number of nitrogens with one attached hydrogen (secondary N) is 1. The summed E-state index contributed by atoms with van der Waals surface area (Å²) in [6, 6.07) is 10.3. The van der Waals surface area contributed by atoms with E-state index in [-0.39, 0.29) is 12.2 Å². The lowest BCUT2D eigenvalue weighted by molar-refractivity contribution is -0.123. The Morgan fingerprint density at radius 2 is 2.09 bits per heavy atom. The molecule has 0 aromatic heterocycles. The Labute approximate surface area is 142 Å². The second-order valence-electron chi connectivity index (χ2n) is 5.02. The van der Waals surface area contributed by atoms with Crippen molar-refractivity contribution >= 4 is 28.1 Å². The minimum atomic E-state index is -0.427. The maximum Gasteiger partial charge on any atom is 0.277 e. The van der Waals surface area contributed by atoms with Gasteiger partial charge in [-0.3, -0.25) is 4.79 Å². The fourth-order valence-corrected chi connectivity index (χ4v) is 2.15. The van der Waals surface area contributed by atoms with Crippen molar-refractivity contribution < 1.29 is 13.9 Å². The number of nitrogens with zero attached hydrogens (tertiary/aromatic N) is 1. The molecule has 0 aliphatic carbocycles. The Kier molecular flexibility index (Phi) is 5.87. The van der Waals surface area contributed by atoms with Gasteiger partial charge in [-0.15, -0.1) is 0 Å². The highest BCUT2D eigenvalue weighted by atomic mass is 79.9. The van der Waals surface area contributed by atoms with Crippen molar-refractivity contribution in [2.24, 2.45) is 5.10 Å². The Morgan fingerprint density at radius 3 is 2.83 bits per heavy atom. The Balaban J connectivity index is 1.87. The minimum Gasteiger partial charge on any atom is -0.483 e. The molecule has 4 nitrogen and oxygen atoms in total. The first kappa shape index (κ1) is 17.1. The molecule has 0 bridgehead atoms. The maximum atomic E-state index is 13.6. The van der Waals surface area contributed by atoms with Gasteiger partial charge < -0.3 is 4.74 Å². The highest BCUT2D eigenvalue weighted by Crippen LogP contribution is 2.18. The van der Waals surface area contributed by atoms with Crippen LogP contribution in [-0.2, 0) is 4.79 Å². The summed E-state index contributed by atoms with van der Waals surface area (Å²) in [5.41, 5.74) is 4.58. The van der Waals surface area contributed by atoms with E-state index in [1.807, 2.05) is 32.0 Å². The molecule has 0 aliphatic rings. The van der Waals surface area contributed by atoms with Crippen molar-refractivity contribution in [3.63, 3.8) is 0 Å². The highest BCUT2D eigenvalue weighted by molar-refractivity contribution is 9.10. The van der Waals surface area contributed by atoms with Gasteiger partial charge in [-0.2, -0.15) is 5.10 Å². The predicted octanol–water partition coefficient (Wildman–Crippen LogP) is 3.73. The van der Waals surface area contributed by atoms with E-state index in [1.54, 1.807) is 12.1 Å². The van der Waals surface area contributed by atoms with Crippen LogP contribution in [0.15, 0.2) is 46.0 Å². The zero-order valence-electron chi connectivity index (χ0n) is 12.8. The molecule has 0 saturated carbocycles. The quantitative estimate of drug-likeness (QED) is 0.636. The van der Waals surface area contributed by atoms with Crippen LogP contribution in [0.25, 0.3) is 0 Å². The first-order chi connectivity index (χ1) is 11.0. The number of rotatable bonds is 5. The zero-order chi connectivity index (χ0) is 16.8. The molecule has 0 aliphatic heterocycles. The molecule has 0 unspecified atom stereocenters. The summed E-state index contributed by atoms with van der Waals surface area (Å²) in [7, 11) is 0. The molecule has 1 amide bonds. The van der Waals surface area contributed by atoms with E-state index in [4.69, 9.17) is 4.74 Å². The molecule has 1 N–H and O–H groups in total. The molecule has 0 spiro atoms. The largest absolute Gasteiger partial charge is 0.483 e. The summed E-state index contributed by atoms with van der Waals surface area (Å²) >= 11 is 3.17. The number of hydrogen-bond acceptors (Lipinski definition) is 3. The van der Waals surface area contributed by atoms with Crippen LogP contribution >= 0.6 is 15.9 Å². The van der Waals surface area contributed by atoms with Crippen molar-refractivity contribution in [2.45, 2.75) is 13.8 Å². The van der Waals surface area contributed by atoms with Crippen molar-refractivity contribution in [1.29, 1.82) is 0 Å². The summed E-state index contributed by atoms with van der Waals surface area (Å²) in [5, 5.41) is 3.72. The number of carbonyl (C=O) groups is 1. The third-order valence-electron chi connectivity index (χ3n) is 3.06. The fourth-order valence-electron chi connectivity index (χ4n) is 1.82. The van der Waals surface area contributed by atoms with Gasteiger partial charge in [0.1, 0.15) is 11.6 Å². The highest BCUT2D eigenvalue weighted by Gasteiger charge is 2.05. The lowest BCUT2D eigenvalue weighted by Gasteiger charge is -2.08. The van der Waals surface area contributed by atoms with Gasteiger partial charge in [-0.25, -0.2) is 9.82 Å². The number of ether oxygens (including phenoxy) is 1. The van der Waals surface area contributed by atoms with Gasteiger partial charge in [0, 0.05) is 10.0 Å². The van der Waals surface area contributed by atoms with Crippen LogP contribution < -0.4 is 10.2 Å². The van der Waals surface area contributed by atoms with Crippen LogP contribution in [0.5, 0.6) is 5.75 Å². The summed E-state index contributed by atoms with van der Waals surface area (Å²) < 4.78 is 19.7. The normalized spacial score (nSPS) is 10.8. The fraction of sp³-hybridized carbons (Fsp3) is 0.176. The number of halogens is 2. The van der Waals surface area contributed by atoms with Crippen LogP contribution in [0.2, 0.25) is 0 Å². The van der Waals surface area contributed by atoms with E-state index < -0.39 is 11.7 Å². The smallest absolute Gasteiger partial charge is 0.277 e. The van der Waals surface area contributed by atoms with Gasteiger partial charge in [-0.05, 0) is 49.2 Å². The molecule has 0 fully saturated rings. The SMILES string of the molecule is Cc1ccc(C)c(OCC(=O)N/N=C\c2ccc(Br)cc2F)c1.